The molecule has 0 unspecified atom stereocenters. The van der Waals surface area contributed by atoms with Gasteiger partial charge in [0.15, 0.2) is 0 Å². The Morgan fingerprint density at radius 1 is 0.886 bits per heavy atom. The number of methoxy groups -OCH3 is 2. The van der Waals surface area contributed by atoms with Crippen molar-refractivity contribution in [1.29, 1.82) is 0 Å². The molecule has 4 rings (SSSR count). The molecule has 0 saturated heterocycles. The Morgan fingerprint density at radius 3 is 2.17 bits per heavy atom. The number of hydrogen-bond donors (Lipinski definition) is 2. The van der Waals surface area contributed by atoms with Crippen molar-refractivity contribution >= 4 is 0 Å². The summed E-state index contributed by atoms with van der Waals surface area (Å²) in [5.41, 5.74) is 0.410. The number of hydrogen-bond acceptors (Lipinski definition) is 4. The van der Waals surface area contributed by atoms with E-state index in [0.29, 0.717) is 23.7 Å². The molecule has 10 atom stereocenters. The summed E-state index contributed by atoms with van der Waals surface area (Å²) in [7, 11) is 3.68. The molecule has 4 aliphatic rings. The normalized spacial score (nSPS) is 48.1. The molecule has 204 valence electrons. The van der Waals surface area contributed by atoms with Crippen LogP contribution in [0.25, 0.3) is 0 Å². The van der Waals surface area contributed by atoms with Crippen LogP contribution in [0.15, 0.2) is 0 Å². The molecule has 4 heteroatoms. The molecule has 0 spiro atoms. The van der Waals surface area contributed by atoms with Gasteiger partial charge in [-0.25, -0.2) is 0 Å². The van der Waals surface area contributed by atoms with Gasteiger partial charge in [-0.1, -0.05) is 34.6 Å². The van der Waals surface area contributed by atoms with Crippen LogP contribution in [-0.4, -0.2) is 48.3 Å². The van der Waals surface area contributed by atoms with E-state index < -0.39 is 0 Å². The van der Waals surface area contributed by atoms with Gasteiger partial charge in [-0.15, -0.1) is 0 Å². The fourth-order valence-electron chi connectivity index (χ4n) is 10.6. The zero-order valence-corrected chi connectivity index (χ0v) is 24.3. The Labute approximate surface area is 215 Å². The van der Waals surface area contributed by atoms with E-state index in [9.17, 15) is 10.2 Å². The maximum absolute atomic E-state index is 11.9. The molecule has 0 amide bonds. The Bertz CT molecular complexity index is 763. The molecule has 35 heavy (non-hydrogen) atoms. The third-order valence-corrected chi connectivity index (χ3v) is 13.0. The minimum Gasteiger partial charge on any atom is -0.393 e. The molecular formula is C31H56O4. The fraction of sp³-hybridized carbons (Fsp3) is 1.00. The Balaban J connectivity index is 1.59. The van der Waals surface area contributed by atoms with E-state index in [1.807, 2.05) is 7.11 Å². The van der Waals surface area contributed by atoms with Crippen LogP contribution in [-0.2, 0) is 9.47 Å². The number of aliphatic hydroxyl groups excluding tert-OH is 2. The Hall–Kier alpha value is -0.160. The van der Waals surface area contributed by atoms with E-state index in [0.717, 1.165) is 44.9 Å². The molecule has 0 radical (unpaired) electrons. The summed E-state index contributed by atoms with van der Waals surface area (Å²) in [6.45, 7) is 16.6. The molecule has 2 N–H and O–H groups in total. The molecule has 4 saturated carbocycles. The van der Waals surface area contributed by atoms with Crippen LogP contribution in [0.4, 0.5) is 0 Å². The van der Waals surface area contributed by atoms with E-state index in [1.54, 1.807) is 7.11 Å². The minimum absolute atomic E-state index is 0.0492. The van der Waals surface area contributed by atoms with Gasteiger partial charge >= 0.3 is 0 Å². The molecule has 0 aliphatic heterocycles. The van der Waals surface area contributed by atoms with Gasteiger partial charge in [0, 0.05) is 14.2 Å². The number of rotatable bonds is 7. The zero-order valence-electron chi connectivity index (χ0n) is 24.3. The lowest BCUT2D eigenvalue weighted by Gasteiger charge is -2.70. The highest BCUT2D eigenvalue weighted by atomic mass is 16.5. The monoisotopic (exact) mass is 492 g/mol. The molecule has 0 aromatic heterocycles. The summed E-state index contributed by atoms with van der Waals surface area (Å²) < 4.78 is 11.8. The van der Waals surface area contributed by atoms with Crippen molar-refractivity contribution in [1.82, 2.24) is 0 Å². The van der Waals surface area contributed by atoms with Crippen LogP contribution in [0.2, 0.25) is 0 Å². The maximum Gasteiger partial charge on any atom is 0.0622 e. The summed E-state index contributed by atoms with van der Waals surface area (Å²) in [6.07, 6.45) is 10.6. The predicted octanol–water partition coefficient (Wildman–Crippen LogP) is 6.61. The third kappa shape index (κ3) is 4.16. The van der Waals surface area contributed by atoms with Gasteiger partial charge < -0.3 is 19.7 Å². The smallest absolute Gasteiger partial charge is 0.0622 e. The first-order valence-electron chi connectivity index (χ1n) is 14.6. The topological polar surface area (TPSA) is 58.9 Å². The largest absolute Gasteiger partial charge is 0.393 e. The predicted molar refractivity (Wildman–Crippen MR) is 142 cm³/mol. The standard InChI is InChI=1S/C31H56O4/c1-27(2,35-9)15-10-11-22(34-8)20-12-17-31(7)26(20)21(32)19-24-29(5)16-14-25(33)28(3,4)23(29)13-18-30(24,31)6/h20-26,32-33H,10-19H2,1-9H3/t20-,21-,22+,23+,24-,25+,26+,29+,30-,31-/m1/s1. The lowest BCUT2D eigenvalue weighted by molar-refractivity contribution is -0.244. The van der Waals surface area contributed by atoms with Gasteiger partial charge in [0.05, 0.1) is 23.9 Å². The first-order valence-corrected chi connectivity index (χ1v) is 14.6. The molecule has 4 fully saturated rings. The molecule has 0 bridgehead atoms. The third-order valence-electron chi connectivity index (χ3n) is 13.0. The van der Waals surface area contributed by atoms with Crippen molar-refractivity contribution in [3.8, 4) is 0 Å². The molecule has 4 aliphatic carbocycles. The highest BCUT2D eigenvalue weighted by Crippen LogP contribution is 2.75. The van der Waals surface area contributed by atoms with E-state index in [4.69, 9.17) is 9.47 Å². The number of aliphatic hydroxyl groups is 2. The van der Waals surface area contributed by atoms with Gasteiger partial charge in [0.1, 0.15) is 0 Å². The molecule has 4 nitrogen and oxygen atoms in total. The fourth-order valence-corrected chi connectivity index (χ4v) is 10.6. The van der Waals surface area contributed by atoms with E-state index in [-0.39, 0.29) is 45.6 Å². The number of fused-ring (bicyclic) bond motifs is 5. The van der Waals surface area contributed by atoms with E-state index in [1.165, 1.54) is 19.3 Å². The van der Waals surface area contributed by atoms with E-state index in [2.05, 4.69) is 48.5 Å². The quantitative estimate of drug-likeness (QED) is 0.420. The summed E-state index contributed by atoms with van der Waals surface area (Å²) in [5.74, 6) is 1.78. The highest BCUT2D eigenvalue weighted by Gasteiger charge is 2.70. The lowest BCUT2D eigenvalue weighted by Crippen LogP contribution is -2.66. The average Bonchev–Trinajstić information content (AvgIpc) is 3.15. The van der Waals surface area contributed by atoms with Crippen molar-refractivity contribution < 1.29 is 19.7 Å². The van der Waals surface area contributed by atoms with Gasteiger partial charge in [-0.2, -0.15) is 0 Å². The van der Waals surface area contributed by atoms with Crippen LogP contribution in [0, 0.1) is 45.3 Å². The summed E-state index contributed by atoms with van der Waals surface area (Å²) in [6, 6.07) is 0. The second-order valence-corrected chi connectivity index (χ2v) is 15.0. The van der Waals surface area contributed by atoms with Crippen molar-refractivity contribution in [2.75, 3.05) is 14.2 Å². The Kier molecular flexibility index (Phi) is 7.36. The maximum atomic E-state index is 11.9. The van der Waals surface area contributed by atoms with E-state index >= 15 is 0 Å². The summed E-state index contributed by atoms with van der Waals surface area (Å²) in [4.78, 5) is 0. The lowest BCUT2D eigenvalue weighted by atomic mass is 9.35. The van der Waals surface area contributed by atoms with Crippen LogP contribution in [0.5, 0.6) is 0 Å². The minimum atomic E-state index is -0.260. The Morgan fingerprint density at radius 2 is 1.54 bits per heavy atom. The molecule has 0 heterocycles. The number of ether oxygens (including phenoxy) is 2. The van der Waals surface area contributed by atoms with Crippen LogP contribution < -0.4 is 0 Å². The van der Waals surface area contributed by atoms with Crippen molar-refractivity contribution in [3.05, 3.63) is 0 Å². The van der Waals surface area contributed by atoms with Gasteiger partial charge in [0.25, 0.3) is 0 Å². The SMILES string of the molecule is CO[C@@H](CCCC(C)(C)OC)[C@H]1CC[C@]2(C)[C@@H]1[C@H](O)C[C@@H]1[C@@]3(C)CC[C@H](O)C(C)(C)[C@@H]3CC[C@]12C. The van der Waals surface area contributed by atoms with Crippen molar-refractivity contribution in [2.45, 2.75) is 137 Å². The van der Waals surface area contributed by atoms with Crippen LogP contribution in [0.3, 0.4) is 0 Å². The molecule has 0 aromatic carbocycles. The molecular weight excluding hydrogens is 436 g/mol. The first kappa shape index (κ1) is 27.9. The van der Waals surface area contributed by atoms with Crippen LogP contribution >= 0.6 is 0 Å². The van der Waals surface area contributed by atoms with Gasteiger partial charge in [-0.05, 0) is 123 Å². The second-order valence-electron chi connectivity index (χ2n) is 15.0. The molecule has 0 aromatic rings. The summed E-state index contributed by atoms with van der Waals surface area (Å²) in [5, 5.41) is 22.8. The highest BCUT2D eigenvalue weighted by molar-refractivity contribution is 5.19. The van der Waals surface area contributed by atoms with Gasteiger partial charge in [0.2, 0.25) is 0 Å². The second kappa shape index (κ2) is 9.24. The summed E-state index contributed by atoms with van der Waals surface area (Å²) >= 11 is 0. The van der Waals surface area contributed by atoms with Gasteiger partial charge in [-0.3, -0.25) is 0 Å². The van der Waals surface area contributed by atoms with Crippen LogP contribution in [0.1, 0.15) is 113 Å². The first-order chi connectivity index (χ1) is 16.2. The van der Waals surface area contributed by atoms with Crippen molar-refractivity contribution in [2.24, 2.45) is 45.3 Å². The zero-order chi connectivity index (χ0) is 26.0. The van der Waals surface area contributed by atoms with Crippen molar-refractivity contribution in [3.63, 3.8) is 0 Å². The average molecular weight is 493 g/mol.